The maximum Gasteiger partial charge on any atom is 0.407 e. The Balaban J connectivity index is 1.82. The molecule has 0 aliphatic carbocycles. The van der Waals surface area contributed by atoms with Gasteiger partial charge in [-0.15, -0.1) is 0 Å². The van der Waals surface area contributed by atoms with Crippen LogP contribution in [-0.4, -0.2) is 29.8 Å². The molecule has 124 valence electrons. The number of para-hydroxylation sites is 1. The van der Waals surface area contributed by atoms with E-state index in [0.717, 1.165) is 10.9 Å². The van der Waals surface area contributed by atoms with Gasteiger partial charge in [0, 0.05) is 18.0 Å². The molecule has 1 heterocycles. The third kappa shape index (κ3) is 5.32. The zero-order chi connectivity index (χ0) is 16.9. The van der Waals surface area contributed by atoms with Crippen LogP contribution in [0.15, 0.2) is 30.3 Å². The number of fused-ring (bicyclic) bond motifs is 1. The molecule has 0 unspecified atom stereocenters. The molecule has 6 heteroatoms. The SMILES string of the molecule is CC(C)(C)OC(=O)NCCCOc1cc(N)nc2ccccc12. The summed E-state index contributed by atoms with van der Waals surface area (Å²) < 4.78 is 10.9. The molecule has 3 N–H and O–H groups in total. The van der Waals surface area contributed by atoms with Gasteiger partial charge in [0.25, 0.3) is 0 Å². The van der Waals surface area contributed by atoms with Crippen LogP contribution in [0.5, 0.6) is 5.75 Å². The number of alkyl carbamates (subject to hydrolysis) is 1. The third-order valence-corrected chi connectivity index (χ3v) is 2.94. The normalized spacial score (nSPS) is 11.3. The topological polar surface area (TPSA) is 86.5 Å². The highest BCUT2D eigenvalue weighted by Crippen LogP contribution is 2.26. The van der Waals surface area contributed by atoms with Crippen molar-refractivity contribution in [3.05, 3.63) is 30.3 Å². The molecule has 0 radical (unpaired) electrons. The van der Waals surface area contributed by atoms with E-state index in [-0.39, 0.29) is 0 Å². The Kier molecular flexibility index (Phi) is 5.26. The number of pyridine rings is 1. The smallest absolute Gasteiger partial charge is 0.407 e. The molecule has 0 saturated heterocycles. The first-order chi connectivity index (χ1) is 10.8. The lowest BCUT2D eigenvalue weighted by molar-refractivity contribution is 0.0525. The third-order valence-electron chi connectivity index (χ3n) is 2.94. The largest absolute Gasteiger partial charge is 0.493 e. The van der Waals surface area contributed by atoms with Crippen molar-refractivity contribution in [2.24, 2.45) is 0 Å². The Morgan fingerprint density at radius 1 is 1.30 bits per heavy atom. The van der Waals surface area contributed by atoms with Crippen LogP contribution < -0.4 is 15.8 Å². The van der Waals surface area contributed by atoms with Gasteiger partial charge in [0.2, 0.25) is 0 Å². The minimum absolute atomic E-state index is 0.420. The minimum Gasteiger partial charge on any atom is -0.493 e. The molecule has 2 aromatic rings. The highest BCUT2D eigenvalue weighted by atomic mass is 16.6. The highest BCUT2D eigenvalue weighted by molar-refractivity contribution is 5.86. The number of carbonyl (C=O) groups is 1. The van der Waals surface area contributed by atoms with E-state index in [0.29, 0.717) is 31.1 Å². The van der Waals surface area contributed by atoms with E-state index >= 15 is 0 Å². The standard InChI is InChI=1S/C17H23N3O3/c1-17(2,3)23-16(21)19-9-6-10-22-14-11-15(18)20-13-8-5-4-7-12(13)14/h4-5,7-8,11H,6,9-10H2,1-3H3,(H2,18,20)(H,19,21). The van der Waals surface area contributed by atoms with Crippen molar-refractivity contribution in [1.82, 2.24) is 10.3 Å². The number of anilines is 1. The monoisotopic (exact) mass is 317 g/mol. The fourth-order valence-corrected chi connectivity index (χ4v) is 2.04. The molecule has 0 saturated carbocycles. The fraction of sp³-hybridized carbons (Fsp3) is 0.412. The number of rotatable bonds is 5. The first kappa shape index (κ1) is 16.9. The van der Waals surface area contributed by atoms with Crippen LogP contribution in [0, 0.1) is 0 Å². The summed E-state index contributed by atoms with van der Waals surface area (Å²) in [5, 5.41) is 3.61. The second-order valence-electron chi connectivity index (χ2n) is 6.19. The molecule has 1 aromatic carbocycles. The lowest BCUT2D eigenvalue weighted by Crippen LogP contribution is -2.33. The lowest BCUT2D eigenvalue weighted by Gasteiger charge is -2.19. The summed E-state index contributed by atoms with van der Waals surface area (Å²) in [5.41, 5.74) is 6.10. The predicted octanol–water partition coefficient (Wildman–Crippen LogP) is 3.11. The van der Waals surface area contributed by atoms with E-state index in [1.807, 2.05) is 45.0 Å². The summed E-state index contributed by atoms with van der Waals surface area (Å²) in [6, 6.07) is 9.38. The van der Waals surface area contributed by atoms with E-state index in [1.54, 1.807) is 6.07 Å². The Bertz CT molecular complexity index is 680. The maximum atomic E-state index is 11.5. The summed E-state index contributed by atoms with van der Waals surface area (Å²) in [7, 11) is 0. The number of amides is 1. The molecule has 0 fully saturated rings. The highest BCUT2D eigenvalue weighted by Gasteiger charge is 2.15. The van der Waals surface area contributed by atoms with Crippen molar-refractivity contribution in [1.29, 1.82) is 0 Å². The lowest BCUT2D eigenvalue weighted by atomic mass is 10.2. The summed E-state index contributed by atoms with van der Waals surface area (Å²) in [6.07, 6.45) is 0.242. The van der Waals surface area contributed by atoms with Crippen LogP contribution in [0.1, 0.15) is 27.2 Å². The van der Waals surface area contributed by atoms with Crippen LogP contribution in [0.2, 0.25) is 0 Å². The summed E-state index contributed by atoms with van der Waals surface area (Å²) in [5.74, 6) is 1.12. The summed E-state index contributed by atoms with van der Waals surface area (Å²) in [6.45, 7) is 6.43. The maximum absolute atomic E-state index is 11.5. The van der Waals surface area contributed by atoms with Crippen molar-refractivity contribution in [3.63, 3.8) is 0 Å². The van der Waals surface area contributed by atoms with Gasteiger partial charge in [-0.2, -0.15) is 0 Å². The number of nitrogens with zero attached hydrogens (tertiary/aromatic N) is 1. The zero-order valence-corrected chi connectivity index (χ0v) is 13.8. The number of nitrogens with two attached hydrogens (primary N) is 1. The molecule has 1 amide bonds. The summed E-state index contributed by atoms with van der Waals surface area (Å²) >= 11 is 0. The van der Waals surface area contributed by atoms with E-state index < -0.39 is 11.7 Å². The molecule has 1 aromatic heterocycles. The van der Waals surface area contributed by atoms with Crippen LogP contribution in [-0.2, 0) is 4.74 Å². The molecule has 2 rings (SSSR count). The number of nitrogens with one attached hydrogen (secondary N) is 1. The van der Waals surface area contributed by atoms with Crippen LogP contribution in [0.25, 0.3) is 10.9 Å². The van der Waals surface area contributed by atoms with Crippen molar-refractivity contribution in [3.8, 4) is 5.75 Å². The molecule has 0 spiro atoms. The molecular weight excluding hydrogens is 294 g/mol. The molecule has 0 atom stereocenters. The van der Waals surface area contributed by atoms with E-state index in [2.05, 4.69) is 10.3 Å². The van der Waals surface area contributed by atoms with Gasteiger partial charge in [-0.1, -0.05) is 12.1 Å². The number of hydrogen-bond acceptors (Lipinski definition) is 5. The average molecular weight is 317 g/mol. The Labute approximate surface area is 136 Å². The van der Waals surface area contributed by atoms with Crippen LogP contribution in [0.4, 0.5) is 10.6 Å². The number of benzene rings is 1. The second kappa shape index (κ2) is 7.17. The van der Waals surface area contributed by atoms with Gasteiger partial charge in [-0.25, -0.2) is 9.78 Å². The molecule has 23 heavy (non-hydrogen) atoms. The number of nitrogen functional groups attached to an aromatic ring is 1. The second-order valence-corrected chi connectivity index (χ2v) is 6.19. The first-order valence-corrected chi connectivity index (χ1v) is 7.60. The summed E-state index contributed by atoms with van der Waals surface area (Å²) in [4.78, 5) is 15.8. The van der Waals surface area contributed by atoms with Gasteiger partial charge in [0.05, 0.1) is 12.1 Å². The Morgan fingerprint density at radius 2 is 2.04 bits per heavy atom. The molecule has 6 nitrogen and oxygen atoms in total. The van der Waals surface area contributed by atoms with E-state index in [9.17, 15) is 4.79 Å². The van der Waals surface area contributed by atoms with Crippen molar-refractivity contribution >= 4 is 22.8 Å². The quantitative estimate of drug-likeness (QED) is 0.827. The molecule has 0 aliphatic heterocycles. The zero-order valence-electron chi connectivity index (χ0n) is 13.8. The number of carbonyl (C=O) groups excluding carboxylic acids is 1. The van der Waals surface area contributed by atoms with E-state index in [1.165, 1.54) is 0 Å². The van der Waals surface area contributed by atoms with Gasteiger partial charge in [0.15, 0.2) is 0 Å². The van der Waals surface area contributed by atoms with Gasteiger partial charge >= 0.3 is 6.09 Å². The number of ether oxygens (including phenoxy) is 2. The van der Waals surface area contributed by atoms with Gasteiger partial charge in [0.1, 0.15) is 17.2 Å². The van der Waals surface area contributed by atoms with E-state index in [4.69, 9.17) is 15.2 Å². The Morgan fingerprint density at radius 3 is 2.78 bits per heavy atom. The van der Waals surface area contributed by atoms with Crippen LogP contribution >= 0.6 is 0 Å². The predicted molar refractivity (Wildman–Crippen MR) is 90.5 cm³/mol. The Hall–Kier alpha value is -2.50. The van der Waals surface area contributed by atoms with Crippen molar-refractivity contribution < 1.29 is 14.3 Å². The molecule has 0 aliphatic rings. The van der Waals surface area contributed by atoms with Crippen molar-refractivity contribution in [2.45, 2.75) is 32.8 Å². The fourth-order valence-electron chi connectivity index (χ4n) is 2.04. The van der Waals surface area contributed by atoms with Crippen LogP contribution in [0.3, 0.4) is 0 Å². The van der Waals surface area contributed by atoms with Gasteiger partial charge < -0.3 is 20.5 Å². The van der Waals surface area contributed by atoms with Crippen molar-refractivity contribution in [2.75, 3.05) is 18.9 Å². The number of aromatic nitrogens is 1. The first-order valence-electron chi connectivity index (χ1n) is 7.60. The number of hydrogen-bond donors (Lipinski definition) is 2. The van der Waals surface area contributed by atoms with Gasteiger partial charge in [-0.05, 0) is 39.3 Å². The molecular formula is C17H23N3O3. The average Bonchev–Trinajstić information content (AvgIpc) is 2.44. The molecule has 0 bridgehead atoms. The van der Waals surface area contributed by atoms with Gasteiger partial charge in [-0.3, -0.25) is 0 Å². The minimum atomic E-state index is -0.492.